The third-order valence-corrected chi connectivity index (χ3v) is 5.90. The number of hydrogen-bond donors (Lipinski definition) is 1. The maximum atomic E-state index is 13.1. The summed E-state index contributed by atoms with van der Waals surface area (Å²) in [5, 5.41) is 2.91. The van der Waals surface area contributed by atoms with Gasteiger partial charge in [-0.05, 0) is 43.9 Å². The Bertz CT molecular complexity index is 1160. The zero-order valence-electron chi connectivity index (χ0n) is 19.1. The molecule has 1 atom stereocenters. The molecule has 3 aromatic rings. The molecule has 1 fully saturated rings. The Labute approximate surface area is 192 Å². The van der Waals surface area contributed by atoms with Crippen LogP contribution < -0.4 is 10.1 Å². The Kier molecular flexibility index (Phi) is 6.67. The van der Waals surface area contributed by atoms with Gasteiger partial charge in [0, 0.05) is 38.7 Å². The fourth-order valence-electron chi connectivity index (χ4n) is 4.07. The van der Waals surface area contributed by atoms with Crippen molar-refractivity contribution >= 4 is 11.8 Å². The van der Waals surface area contributed by atoms with Crippen LogP contribution in [0.25, 0.3) is 0 Å². The van der Waals surface area contributed by atoms with Gasteiger partial charge >= 0.3 is 0 Å². The summed E-state index contributed by atoms with van der Waals surface area (Å²) >= 11 is 0. The minimum atomic E-state index is -0.244. The lowest BCUT2D eigenvalue weighted by Gasteiger charge is -2.34. The fourth-order valence-corrected chi connectivity index (χ4v) is 4.07. The Morgan fingerprint density at radius 3 is 2.82 bits per heavy atom. The highest BCUT2D eigenvalue weighted by atomic mass is 16.5. The Hall–Kier alpha value is -3.75. The lowest BCUT2D eigenvalue weighted by molar-refractivity contribution is 0.0582. The summed E-state index contributed by atoms with van der Waals surface area (Å²) in [6, 6.07) is 7.30. The van der Waals surface area contributed by atoms with Gasteiger partial charge in [-0.3, -0.25) is 9.59 Å². The van der Waals surface area contributed by atoms with Crippen molar-refractivity contribution in [1.29, 1.82) is 0 Å². The van der Waals surface area contributed by atoms with E-state index in [1.165, 1.54) is 0 Å². The van der Waals surface area contributed by atoms with E-state index in [1.54, 1.807) is 49.1 Å². The number of nitrogens with one attached hydrogen (secondary N) is 1. The van der Waals surface area contributed by atoms with Crippen LogP contribution in [-0.4, -0.2) is 49.9 Å². The Morgan fingerprint density at radius 1 is 1.24 bits per heavy atom. The molecule has 0 aliphatic carbocycles. The highest BCUT2D eigenvalue weighted by Gasteiger charge is 2.32. The molecule has 172 valence electrons. The van der Waals surface area contributed by atoms with Gasteiger partial charge < -0.3 is 19.5 Å². The molecule has 9 heteroatoms. The average molecular weight is 449 g/mol. The molecule has 0 bridgehead atoms. The van der Waals surface area contributed by atoms with Crippen molar-refractivity contribution in [1.82, 2.24) is 29.7 Å². The van der Waals surface area contributed by atoms with Crippen molar-refractivity contribution in [3.63, 3.8) is 0 Å². The van der Waals surface area contributed by atoms with Crippen molar-refractivity contribution in [3.05, 3.63) is 71.3 Å². The number of amides is 2. The van der Waals surface area contributed by atoms with E-state index in [9.17, 15) is 9.59 Å². The Morgan fingerprint density at radius 2 is 2.09 bits per heavy atom. The molecule has 0 saturated carbocycles. The molecule has 4 rings (SSSR count). The summed E-state index contributed by atoms with van der Waals surface area (Å²) < 4.78 is 6.94. The van der Waals surface area contributed by atoms with Crippen molar-refractivity contribution in [2.75, 3.05) is 13.7 Å². The number of aromatic nitrogens is 4. The van der Waals surface area contributed by atoms with Crippen LogP contribution in [0.1, 0.15) is 63.4 Å². The van der Waals surface area contributed by atoms with E-state index < -0.39 is 0 Å². The number of likely N-dealkylation sites (tertiary alicyclic amines) is 1. The molecule has 1 aliphatic rings. The number of rotatable bonds is 6. The predicted molar refractivity (Wildman–Crippen MR) is 122 cm³/mol. The zero-order chi connectivity index (χ0) is 23.4. The third kappa shape index (κ3) is 4.87. The van der Waals surface area contributed by atoms with Crippen molar-refractivity contribution in [3.8, 4) is 5.75 Å². The van der Waals surface area contributed by atoms with Gasteiger partial charge in [0.15, 0.2) is 11.6 Å². The average Bonchev–Trinajstić information content (AvgIpc) is 3.28. The second-order valence-corrected chi connectivity index (χ2v) is 8.13. The smallest absolute Gasteiger partial charge is 0.290 e. The van der Waals surface area contributed by atoms with Gasteiger partial charge in [-0.25, -0.2) is 15.0 Å². The molecule has 0 radical (unpaired) electrons. The van der Waals surface area contributed by atoms with Crippen LogP contribution in [0.5, 0.6) is 5.75 Å². The van der Waals surface area contributed by atoms with Gasteiger partial charge in [0.1, 0.15) is 5.75 Å². The van der Waals surface area contributed by atoms with E-state index in [-0.39, 0.29) is 17.9 Å². The van der Waals surface area contributed by atoms with E-state index in [2.05, 4.69) is 20.3 Å². The Balaban J connectivity index is 1.49. The van der Waals surface area contributed by atoms with Crippen LogP contribution in [-0.2, 0) is 13.6 Å². The molecule has 1 saturated heterocycles. The van der Waals surface area contributed by atoms with Crippen LogP contribution in [0.2, 0.25) is 0 Å². The van der Waals surface area contributed by atoms with E-state index in [0.29, 0.717) is 36.0 Å². The summed E-state index contributed by atoms with van der Waals surface area (Å²) in [4.78, 5) is 41.0. The molecule has 2 amide bonds. The number of piperidine rings is 1. The van der Waals surface area contributed by atoms with Gasteiger partial charge in [0.25, 0.3) is 11.8 Å². The normalized spacial score (nSPS) is 15.8. The summed E-state index contributed by atoms with van der Waals surface area (Å²) in [5.41, 5.74) is 1.93. The monoisotopic (exact) mass is 448 g/mol. The first-order chi connectivity index (χ1) is 16.0. The number of hydrogen-bond acceptors (Lipinski definition) is 6. The number of benzene rings is 1. The second kappa shape index (κ2) is 9.81. The lowest BCUT2D eigenvalue weighted by Crippen LogP contribution is -2.40. The van der Waals surface area contributed by atoms with Gasteiger partial charge in [-0.1, -0.05) is 12.1 Å². The fraction of sp³-hybridized carbons (Fsp3) is 0.375. The second-order valence-electron chi connectivity index (χ2n) is 8.13. The maximum absolute atomic E-state index is 13.1. The first-order valence-electron chi connectivity index (χ1n) is 11.0. The minimum Gasteiger partial charge on any atom is -0.497 e. The van der Waals surface area contributed by atoms with Crippen molar-refractivity contribution in [2.45, 2.75) is 38.8 Å². The molecule has 1 N–H and O–H groups in total. The quantitative estimate of drug-likeness (QED) is 0.622. The maximum Gasteiger partial charge on any atom is 0.290 e. The first-order valence-corrected chi connectivity index (χ1v) is 11.0. The van der Waals surface area contributed by atoms with E-state index in [4.69, 9.17) is 4.74 Å². The van der Waals surface area contributed by atoms with Crippen LogP contribution >= 0.6 is 0 Å². The number of imidazole rings is 1. The standard InChI is InChI=1S/C24H28N6O3/c1-16-19(23(31)27-14-17-7-6-8-18(13-17)33-3)15-26-21(28-16)20-9-4-5-11-30(20)24(32)22-25-10-12-29(22)2/h6-8,10,12-13,15,20H,4-5,9,11,14H2,1-3H3,(H,27,31)/t20-/m0/s1. The SMILES string of the molecule is COc1cccc(CNC(=O)c2cnc([C@@H]3CCCCN3C(=O)c3nccn3C)nc2C)c1. The molecule has 2 aromatic heterocycles. The molecule has 3 heterocycles. The minimum absolute atomic E-state index is 0.131. The number of nitrogens with zero attached hydrogens (tertiary/aromatic N) is 5. The predicted octanol–water partition coefficient (Wildman–Crippen LogP) is 2.82. The molecule has 9 nitrogen and oxygen atoms in total. The number of methoxy groups -OCH3 is 1. The molecule has 1 aromatic carbocycles. The van der Waals surface area contributed by atoms with Gasteiger partial charge in [-0.15, -0.1) is 0 Å². The van der Waals surface area contributed by atoms with Crippen LogP contribution in [0.3, 0.4) is 0 Å². The number of carbonyl (C=O) groups is 2. The van der Waals surface area contributed by atoms with Crippen LogP contribution in [0.15, 0.2) is 42.9 Å². The first kappa shape index (κ1) is 22.4. The topological polar surface area (TPSA) is 102 Å². The summed E-state index contributed by atoms with van der Waals surface area (Å²) in [6.45, 7) is 2.78. The number of aryl methyl sites for hydroxylation is 2. The van der Waals surface area contributed by atoms with Gasteiger partial charge in [0.05, 0.1) is 24.4 Å². The number of carbonyl (C=O) groups excluding carboxylic acids is 2. The highest BCUT2D eigenvalue weighted by molar-refractivity contribution is 5.95. The molecular weight excluding hydrogens is 420 g/mol. The molecule has 33 heavy (non-hydrogen) atoms. The van der Waals surface area contributed by atoms with Crippen molar-refractivity contribution < 1.29 is 14.3 Å². The summed E-state index contributed by atoms with van der Waals surface area (Å²) in [6.07, 6.45) is 7.61. The molecule has 1 aliphatic heterocycles. The van der Waals surface area contributed by atoms with E-state index in [1.807, 2.05) is 24.3 Å². The van der Waals surface area contributed by atoms with Crippen LogP contribution in [0, 0.1) is 6.92 Å². The van der Waals surface area contributed by atoms with Gasteiger partial charge in [0.2, 0.25) is 0 Å². The van der Waals surface area contributed by atoms with Crippen LogP contribution in [0.4, 0.5) is 0 Å². The number of ether oxygens (including phenoxy) is 1. The van der Waals surface area contributed by atoms with E-state index >= 15 is 0 Å². The van der Waals surface area contributed by atoms with Crippen molar-refractivity contribution in [2.24, 2.45) is 7.05 Å². The summed E-state index contributed by atoms with van der Waals surface area (Å²) in [7, 11) is 3.41. The molecule has 0 spiro atoms. The third-order valence-electron chi connectivity index (χ3n) is 5.90. The highest BCUT2D eigenvalue weighted by Crippen LogP contribution is 2.30. The van der Waals surface area contributed by atoms with E-state index in [0.717, 1.165) is 30.6 Å². The lowest BCUT2D eigenvalue weighted by atomic mass is 10.0. The molecule has 0 unspecified atom stereocenters. The summed E-state index contributed by atoms with van der Waals surface area (Å²) in [5.74, 6) is 1.31. The van der Waals surface area contributed by atoms with Gasteiger partial charge in [-0.2, -0.15) is 0 Å². The largest absolute Gasteiger partial charge is 0.497 e. The zero-order valence-corrected chi connectivity index (χ0v) is 19.1. The molecular formula is C24H28N6O3.